The second kappa shape index (κ2) is 9.26. The lowest BCUT2D eigenvalue weighted by Crippen LogP contribution is -2.52. The molecule has 2 saturated heterocycles. The summed E-state index contributed by atoms with van der Waals surface area (Å²) in [6.07, 6.45) is 2.22. The van der Waals surface area contributed by atoms with Crippen molar-refractivity contribution in [2.75, 3.05) is 51.1 Å². The highest BCUT2D eigenvalue weighted by molar-refractivity contribution is 7.21. The van der Waals surface area contributed by atoms with E-state index >= 15 is 0 Å². The molecule has 32 heavy (non-hydrogen) atoms. The van der Waals surface area contributed by atoms with Crippen molar-refractivity contribution in [3.05, 3.63) is 48.5 Å². The molecule has 0 spiro atoms. The third-order valence-corrected chi connectivity index (χ3v) is 7.24. The molecule has 8 heteroatoms. The first-order chi connectivity index (χ1) is 15.7. The average molecular weight is 450 g/mol. The summed E-state index contributed by atoms with van der Waals surface area (Å²) in [5.74, 6) is 0.213. The van der Waals surface area contributed by atoms with E-state index in [1.165, 1.54) is 0 Å². The average Bonchev–Trinajstić information content (AvgIpc) is 3.50. The molecule has 7 nitrogen and oxygen atoms in total. The van der Waals surface area contributed by atoms with Crippen LogP contribution in [0, 0.1) is 0 Å². The monoisotopic (exact) mass is 449 g/mol. The SMILES string of the molecule is O=C(CN1CCN(C(=O)Nc2ccccc2-c2nc3ccccc3s2)CC1)N1CCCC1. The number of piperazine rings is 1. The summed E-state index contributed by atoms with van der Waals surface area (Å²) in [6, 6.07) is 15.8. The van der Waals surface area contributed by atoms with E-state index in [9.17, 15) is 9.59 Å². The second-order valence-electron chi connectivity index (χ2n) is 8.31. The molecule has 0 atom stereocenters. The van der Waals surface area contributed by atoms with Gasteiger partial charge < -0.3 is 15.1 Å². The van der Waals surface area contributed by atoms with Crippen molar-refractivity contribution < 1.29 is 9.59 Å². The van der Waals surface area contributed by atoms with E-state index in [0.717, 1.165) is 52.4 Å². The Bertz CT molecular complexity index is 1080. The van der Waals surface area contributed by atoms with Gasteiger partial charge in [0.15, 0.2) is 0 Å². The number of carbonyl (C=O) groups is 2. The Hall–Kier alpha value is -2.97. The molecule has 0 unspecified atom stereocenters. The van der Waals surface area contributed by atoms with Gasteiger partial charge in [0.05, 0.1) is 22.4 Å². The molecule has 2 aliphatic rings. The third kappa shape index (κ3) is 4.47. The molecule has 2 fully saturated rings. The summed E-state index contributed by atoms with van der Waals surface area (Å²) in [4.78, 5) is 36.0. The summed E-state index contributed by atoms with van der Waals surface area (Å²) in [5, 5.41) is 3.98. The Morgan fingerprint density at radius 3 is 2.38 bits per heavy atom. The van der Waals surface area contributed by atoms with Crippen LogP contribution in [-0.4, -0.2) is 77.4 Å². The number of carbonyl (C=O) groups excluding carboxylic acids is 2. The van der Waals surface area contributed by atoms with Crippen LogP contribution >= 0.6 is 11.3 Å². The van der Waals surface area contributed by atoms with Crippen molar-refractivity contribution in [3.8, 4) is 10.6 Å². The number of amides is 3. The molecule has 3 aromatic rings. The number of thiazole rings is 1. The van der Waals surface area contributed by atoms with Crippen LogP contribution in [0.15, 0.2) is 48.5 Å². The van der Waals surface area contributed by atoms with Crippen molar-refractivity contribution in [2.45, 2.75) is 12.8 Å². The van der Waals surface area contributed by atoms with Gasteiger partial charge in [-0.1, -0.05) is 24.3 Å². The molecule has 2 aliphatic heterocycles. The quantitative estimate of drug-likeness (QED) is 0.659. The smallest absolute Gasteiger partial charge is 0.321 e. The number of para-hydroxylation sites is 2. The van der Waals surface area contributed by atoms with Crippen LogP contribution in [-0.2, 0) is 4.79 Å². The van der Waals surface area contributed by atoms with E-state index in [4.69, 9.17) is 4.98 Å². The first-order valence-electron chi connectivity index (χ1n) is 11.2. The van der Waals surface area contributed by atoms with Gasteiger partial charge in [-0.2, -0.15) is 0 Å². The standard InChI is InChI=1S/C24H27N5O2S/c30-22(28-11-5-6-12-28)17-27-13-15-29(16-14-27)24(31)26-19-8-2-1-7-18(19)23-25-20-9-3-4-10-21(20)32-23/h1-4,7-10H,5-6,11-17H2,(H,26,31). The van der Waals surface area contributed by atoms with Gasteiger partial charge in [-0.15, -0.1) is 11.3 Å². The molecule has 0 bridgehead atoms. The molecule has 0 aliphatic carbocycles. The van der Waals surface area contributed by atoms with Gasteiger partial charge >= 0.3 is 6.03 Å². The number of fused-ring (bicyclic) bond motifs is 1. The third-order valence-electron chi connectivity index (χ3n) is 6.17. The largest absolute Gasteiger partial charge is 0.342 e. The molecule has 5 rings (SSSR count). The number of nitrogens with zero attached hydrogens (tertiary/aromatic N) is 4. The first-order valence-corrected chi connectivity index (χ1v) is 12.0. The van der Waals surface area contributed by atoms with Crippen molar-refractivity contribution in [2.24, 2.45) is 0 Å². The lowest BCUT2D eigenvalue weighted by molar-refractivity contribution is -0.131. The number of hydrogen-bond acceptors (Lipinski definition) is 5. The number of anilines is 1. The van der Waals surface area contributed by atoms with Gasteiger partial charge in [0.2, 0.25) is 5.91 Å². The summed E-state index contributed by atoms with van der Waals surface area (Å²) in [5.41, 5.74) is 2.66. The van der Waals surface area contributed by atoms with Gasteiger partial charge in [0.1, 0.15) is 5.01 Å². The van der Waals surface area contributed by atoms with Crippen LogP contribution in [0.1, 0.15) is 12.8 Å². The number of likely N-dealkylation sites (tertiary alicyclic amines) is 1. The Balaban J connectivity index is 1.21. The minimum Gasteiger partial charge on any atom is -0.342 e. The molecule has 3 amide bonds. The van der Waals surface area contributed by atoms with E-state index in [-0.39, 0.29) is 11.9 Å². The lowest BCUT2D eigenvalue weighted by Gasteiger charge is -2.35. The van der Waals surface area contributed by atoms with Gasteiger partial charge in [0.25, 0.3) is 0 Å². The fraction of sp³-hybridized carbons (Fsp3) is 0.375. The predicted octanol–water partition coefficient (Wildman–Crippen LogP) is 3.74. The number of hydrogen-bond donors (Lipinski definition) is 1. The maximum Gasteiger partial charge on any atom is 0.321 e. The van der Waals surface area contributed by atoms with Crippen molar-refractivity contribution >= 4 is 39.2 Å². The zero-order valence-electron chi connectivity index (χ0n) is 18.0. The van der Waals surface area contributed by atoms with Crippen LogP contribution in [0.3, 0.4) is 0 Å². The molecule has 0 saturated carbocycles. The van der Waals surface area contributed by atoms with Gasteiger partial charge in [-0.05, 0) is 37.1 Å². The fourth-order valence-electron chi connectivity index (χ4n) is 4.33. The molecule has 1 aromatic heterocycles. The fourth-order valence-corrected chi connectivity index (χ4v) is 5.33. The van der Waals surface area contributed by atoms with Crippen LogP contribution in [0.5, 0.6) is 0 Å². The normalized spacial score (nSPS) is 17.1. The molecule has 2 aromatic carbocycles. The molecule has 166 valence electrons. The Labute approximate surface area is 191 Å². The number of benzene rings is 2. The van der Waals surface area contributed by atoms with Gasteiger partial charge in [0, 0.05) is 44.8 Å². The van der Waals surface area contributed by atoms with E-state index in [1.807, 2.05) is 52.3 Å². The number of urea groups is 1. The highest BCUT2D eigenvalue weighted by Gasteiger charge is 2.25. The molecule has 1 N–H and O–H groups in total. The van der Waals surface area contributed by atoms with Crippen molar-refractivity contribution in [3.63, 3.8) is 0 Å². The minimum atomic E-state index is -0.107. The maximum absolute atomic E-state index is 13.0. The maximum atomic E-state index is 13.0. The Morgan fingerprint density at radius 2 is 1.59 bits per heavy atom. The van der Waals surface area contributed by atoms with Crippen LogP contribution in [0.25, 0.3) is 20.8 Å². The zero-order valence-corrected chi connectivity index (χ0v) is 18.8. The predicted molar refractivity (Wildman–Crippen MR) is 128 cm³/mol. The van der Waals surface area contributed by atoms with Gasteiger partial charge in [-0.25, -0.2) is 9.78 Å². The molecular weight excluding hydrogens is 422 g/mol. The summed E-state index contributed by atoms with van der Waals surface area (Å²) >= 11 is 1.62. The highest BCUT2D eigenvalue weighted by atomic mass is 32.1. The molecule has 0 radical (unpaired) electrons. The van der Waals surface area contributed by atoms with Crippen molar-refractivity contribution in [1.82, 2.24) is 19.7 Å². The van der Waals surface area contributed by atoms with Gasteiger partial charge in [-0.3, -0.25) is 9.69 Å². The first kappa shape index (κ1) is 20.9. The summed E-state index contributed by atoms with van der Waals surface area (Å²) < 4.78 is 1.13. The molecular formula is C24H27N5O2S. The van der Waals surface area contributed by atoms with E-state index in [2.05, 4.69) is 16.3 Å². The van der Waals surface area contributed by atoms with Crippen LogP contribution in [0.4, 0.5) is 10.5 Å². The van der Waals surface area contributed by atoms with Crippen LogP contribution in [0.2, 0.25) is 0 Å². The number of rotatable bonds is 4. The lowest BCUT2D eigenvalue weighted by atomic mass is 10.2. The zero-order chi connectivity index (χ0) is 21.9. The topological polar surface area (TPSA) is 68.8 Å². The van der Waals surface area contributed by atoms with E-state index in [0.29, 0.717) is 32.7 Å². The number of aromatic nitrogens is 1. The van der Waals surface area contributed by atoms with Crippen molar-refractivity contribution in [1.29, 1.82) is 0 Å². The van der Waals surface area contributed by atoms with E-state index < -0.39 is 0 Å². The van der Waals surface area contributed by atoms with E-state index in [1.54, 1.807) is 11.3 Å². The molecule has 3 heterocycles. The van der Waals surface area contributed by atoms with Crippen LogP contribution < -0.4 is 5.32 Å². The summed E-state index contributed by atoms with van der Waals surface area (Å²) in [6.45, 7) is 4.88. The number of nitrogens with one attached hydrogen (secondary N) is 1. The summed E-state index contributed by atoms with van der Waals surface area (Å²) in [7, 11) is 0. The highest BCUT2D eigenvalue weighted by Crippen LogP contribution is 2.34. The Kier molecular flexibility index (Phi) is 6.05. The Morgan fingerprint density at radius 1 is 0.875 bits per heavy atom. The minimum absolute atomic E-state index is 0.107. The second-order valence-corrected chi connectivity index (χ2v) is 9.34.